The molecule has 0 saturated carbocycles. The van der Waals surface area contributed by atoms with E-state index in [1.54, 1.807) is 12.4 Å². The summed E-state index contributed by atoms with van der Waals surface area (Å²) in [6, 6.07) is 23.2. The zero-order valence-electron chi connectivity index (χ0n) is 19.7. The standard InChI is InChI=1S/C28H22FN7/c1-3-18-14-21(15-30)33-26(29)24(18)35-27-17(2)22-25(32-16-31-22)28(36-27)34-23(19-10-6-4-7-11-19)20-12-8-5-9-13-20/h4-14,16H,3H2,1-2H3,(H,31,32)(H,35,36). The first kappa shape index (κ1) is 22.9. The first-order chi connectivity index (χ1) is 17.6. The van der Waals surface area contributed by atoms with Crippen molar-refractivity contribution in [3.05, 3.63) is 107 Å². The summed E-state index contributed by atoms with van der Waals surface area (Å²) in [6.07, 6.45) is 2.10. The number of anilines is 2. The van der Waals surface area contributed by atoms with Crippen LogP contribution in [0.25, 0.3) is 11.0 Å². The van der Waals surface area contributed by atoms with Gasteiger partial charge in [0.1, 0.15) is 23.1 Å². The highest BCUT2D eigenvalue weighted by molar-refractivity contribution is 6.14. The summed E-state index contributed by atoms with van der Waals surface area (Å²) in [4.78, 5) is 21.1. The van der Waals surface area contributed by atoms with Crippen LogP contribution in [-0.4, -0.2) is 25.6 Å². The summed E-state index contributed by atoms with van der Waals surface area (Å²) in [7, 11) is 0. The SMILES string of the molecule is CCc1cc(C#N)nc(F)c1Nc1nc(N=C(c2ccccc2)c2ccccc2)c2nc[nH]c2c1C. The van der Waals surface area contributed by atoms with Crippen molar-refractivity contribution in [3.63, 3.8) is 0 Å². The van der Waals surface area contributed by atoms with Crippen molar-refractivity contribution in [2.45, 2.75) is 20.3 Å². The number of rotatable bonds is 6. The van der Waals surface area contributed by atoms with E-state index in [9.17, 15) is 9.65 Å². The van der Waals surface area contributed by atoms with E-state index in [0.29, 0.717) is 29.1 Å². The maximum atomic E-state index is 14.9. The van der Waals surface area contributed by atoms with Crippen LogP contribution in [0.2, 0.25) is 0 Å². The van der Waals surface area contributed by atoms with Gasteiger partial charge in [-0.05, 0) is 25.0 Å². The molecular weight excluding hydrogens is 453 g/mol. The van der Waals surface area contributed by atoms with Gasteiger partial charge in [-0.2, -0.15) is 9.65 Å². The topological polar surface area (TPSA) is 103 Å². The van der Waals surface area contributed by atoms with Gasteiger partial charge in [-0.1, -0.05) is 67.6 Å². The average molecular weight is 476 g/mol. The van der Waals surface area contributed by atoms with E-state index >= 15 is 0 Å². The Morgan fingerprint density at radius 2 is 1.72 bits per heavy atom. The Kier molecular flexibility index (Phi) is 6.20. The molecule has 36 heavy (non-hydrogen) atoms. The van der Waals surface area contributed by atoms with Crippen molar-refractivity contribution in [1.82, 2.24) is 19.9 Å². The molecule has 3 heterocycles. The first-order valence-electron chi connectivity index (χ1n) is 11.5. The second kappa shape index (κ2) is 9.76. The van der Waals surface area contributed by atoms with E-state index in [1.807, 2.05) is 80.6 Å². The number of nitriles is 1. The molecule has 0 aliphatic heterocycles. The van der Waals surface area contributed by atoms with Crippen molar-refractivity contribution in [2.24, 2.45) is 4.99 Å². The molecule has 8 heteroatoms. The molecule has 0 spiro atoms. The van der Waals surface area contributed by atoms with Crippen molar-refractivity contribution in [1.29, 1.82) is 5.26 Å². The molecular formula is C28H22FN7. The molecule has 0 radical (unpaired) electrons. The largest absolute Gasteiger partial charge is 0.344 e. The number of fused-ring (bicyclic) bond motifs is 1. The van der Waals surface area contributed by atoms with Gasteiger partial charge in [0.05, 0.1) is 23.2 Å². The molecule has 0 unspecified atom stereocenters. The zero-order chi connectivity index (χ0) is 25.1. The lowest BCUT2D eigenvalue weighted by Crippen LogP contribution is -2.06. The van der Waals surface area contributed by atoms with Gasteiger partial charge in [-0.15, -0.1) is 0 Å². The minimum Gasteiger partial charge on any atom is -0.344 e. The number of halogens is 1. The molecule has 3 aromatic heterocycles. The lowest BCUT2D eigenvalue weighted by atomic mass is 10.0. The molecule has 0 amide bonds. The second-order valence-electron chi connectivity index (χ2n) is 8.15. The van der Waals surface area contributed by atoms with Crippen molar-refractivity contribution in [2.75, 3.05) is 5.32 Å². The highest BCUT2D eigenvalue weighted by atomic mass is 19.1. The molecule has 2 N–H and O–H groups in total. The number of aromatic amines is 1. The van der Waals surface area contributed by atoms with Gasteiger partial charge in [0.15, 0.2) is 5.82 Å². The minimum atomic E-state index is -0.754. The van der Waals surface area contributed by atoms with Gasteiger partial charge in [-0.3, -0.25) is 0 Å². The lowest BCUT2D eigenvalue weighted by Gasteiger charge is -2.15. The third-order valence-corrected chi connectivity index (χ3v) is 5.91. The molecule has 0 atom stereocenters. The van der Waals surface area contributed by atoms with Crippen molar-refractivity contribution >= 4 is 34.1 Å². The van der Waals surface area contributed by atoms with Crippen LogP contribution in [-0.2, 0) is 6.42 Å². The number of H-pyrrole nitrogens is 1. The monoisotopic (exact) mass is 475 g/mol. The quantitative estimate of drug-likeness (QED) is 0.227. The van der Waals surface area contributed by atoms with Crippen LogP contribution < -0.4 is 5.32 Å². The molecule has 0 fully saturated rings. The smallest absolute Gasteiger partial charge is 0.238 e. The van der Waals surface area contributed by atoms with Crippen molar-refractivity contribution in [3.8, 4) is 6.07 Å². The molecule has 2 aromatic carbocycles. The third-order valence-electron chi connectivity index (χ3n) is 5.91. The number of aromatic nitrogens is 4. The fourth-order valence-corrected chi connectivity index (χ4v) is 4.05. The average Bonchev–Trinajstić information content (AvgIpc) is 3.42. The van der Waals surface area contributed by atoms with Gasteiger partial charge in [-0.25, -0.2) is 19.9 Å². The summed E-state index contributed by atoms with van der Waals surface area (Å²) in [5.74, 6) is 0.0596. The Balaban J connectivity index is 1.70. The number of hydrogen-bond donors (Lipinski definition) is 2. The Morgan fingerprint density at radius 3 is 2.33 bits per heavy atom. The molecule has 5 aromatic rings. The molecule has 5 rings (SSSR count). The van der Waals surface area contributed by atoms with E-state index in [-0.39, 0.29) is 11.4 Å². The molecule has 0 aliphatic rings. The first-order valence-corrected chi connectivity index (χ1v) is 11.5. The summed E-state index contributed by atoms with van der Waals surface area (Å²) >= 11 is 0. The van der Waals surface area contributed by atoms with Crippen LogP contribution in [0.15, 0.2) is 78.0 Å². The third kappa shape index (κ3) is 4.30. The van der Waals surface area contributed by atoms with Crippen LogP contribution in [0.3, 0.4) is 0 Å². The van der Waals surface area contributed by atoms with Gasteiger partial charge >= 0.3 is 0 Å². The summed E-state index contributed by atoms with van der Waals surface area (Å²) < 4.78 is 14.9. The Labute approximate surface area is 207 Å². The molecule has 0 aliphatic carbocycles. The van der Waals surface area contributed by atoms with Crippen molar-refractivity contribution < 1.29 is 4.39 Å². The lowest BCUT2D eigenvalue weighted by molar-refractivity contribution is 0.584. The number of aryl methyl sites for hydroxylation is 2. The number of nitrogens with zero attached hydrogens (tertiary/aromatic N) is 5. The zero-order valence-corrected chi connectivity index (χ0v) is 19.7. The number of nitrogens with one attached hydrogen (secondary N) is 2. The van der Waals surface area contributed by atoms with E-state index < -0.39 is 5.95 Å². The fourth-order valence-electron chi connectivity index (χ4n) is 4.05. The predicted molar refractivity (Wildman–Crippen MR) is 138 cm³/mol. The van der Waals surface area contributed by atoms with Crippen LogP contribution in [0.4, 0.5) is 21.7 Å². The predicted octanol–water partition coefficient (Wildman–Crippen LogP) is 6.15. The molecule has 0 saturated heterocycles. The van der Waals surface area contributed by atoms with Crippen LogP contribution in [0, 0.1) is 24.2 Å². The highest BCUT2D eigenvalue weighted by Gasteiger charge is 2.18. The summed E-state index contributed by atoms with van der Waals surface area (Å²) in [6.45, 7) is 3.76. The van der Waals surface area contributed by atoms with Crippen LogP contribution >= 0.6 is 0 Å². The second-order valence-corrected chi connectivity index (χ2v) is 8.15. The molecule has 0 bridgehead atoms. The molecule has 176 valence electrons. The van der Waals surface area contributed by atoms with E-state index in [4.69, 9.17) is 9.98 Å². The number of benzene rings is 2. The highest BCUT2D eigenvalue weighted by Crippen LogP contribution is 2.33. The van der Waals surface area contributed by atoms with Crippen LogP contribution in [0.1, 0.15) is 34.9 Å². The summed E-state index contributed by atoms with van der Waals surface area (Å²) in [5.41, 5.74) is 5.56. The minimum absolute atomic E-state index is 0.0317. The van der Waals surface area contributed by atoms with Gasteiger partial charge in [0.25, 0.3) is 0 Å². The Bertz CT molecular complexity index is 1580. The number of aliphatic imine (C=N–C) groups is 1. The fraction of sp³-hybridized carbons (Fsp3) is 0.107. The molecule has 7 nitrogen and oxygen atoms in total. The van der Waals surface area contributed by atoms with E-state index in [0.717, 1.165) is 27.9 Å². The normalized spacial score (nSPS) is 10.7. The Morgan fingerprint density at radius 1 is 1.06 bits per heavy atom. The van der Waals surface area contributed by atoms with E-state index in [1.165, 1.54) is 0 Å². The number of pyridine rings is 2. The van der Waals surface area contributed by atoms with Gasteiger partial charge < -0.3 is 10.3 Å². The Hall–Kier alpha value is -4.90. The number of hydrogen-bond acceptors (Lipinski definition) is 6. The van der Waals surface area contributed by atoms with Gasteiger partial charge in [0.2, 0.25) is 5.95 Å². The number of imidazole rings is 1. The maximum Gasteiger partial charge on any atom is 0.238 e. The maximum absolute atomic E-state index is 14.9. The van der Waals surface area contributed by atoms with Crippen LogP contribution in [0.5, 0.6) is 0 Å². The van der Waals surface area contributed by atoms with Gasteiger partial charge in [0, 0.05) is 16.7 Å². The van der Waals surface area contributed by atoms with E-state index in [2.05, 4.69) is 20.3 Å². The summed E-state index contributed by atoms with van der Waals surface area (Å²) in [5, 5.41) is 12.3.